The molecule has 2 rings (SSSR count). The zero-order valence-electron chi connectivity index (χ0n) is 13.7. The van der Waals surface area contributed by atoms with Crippen molar-refractivity contribution in [3.05, 3.63) is 0 Å². The second-order valence-corrected chi connectivity index (χ2v) is 6.81. The summed E-state index contributed by atoms with van der Waals surface area (Å²) in [4.78, 5) is 2.62. The first-order chi connectivity index (χ1) is 9.74. The third-order valence-electron chi connectivity index (χ3n) is 5.48. The van der Waals surface area contributed by atoms with Crippen LogP contribution >= 0.6 is 0 Å². The van der Waals surface area contributed by atoms with Crippen LogP contribution in [0.25, 0.3) is 0 Å². The third kappa shape index (κ3) is 4.44. The van der Waals surface area contributed by atoms with Crippen LogP contribution in [-0.4, -0.2) is 50.3 Å². The molecule has 118 valence electrons. The van der Waals surface area contributed by atoms with Crippen LogP contribution in [0.5, 0.6) is 0 Å². The normalized spacial score (nSPS) is 35.4. The minimum absolute atomic E-state index is 0.656. The predicted molar refractivity (Wildman–Crippen MR) is 85.1 cm³/mol. The molecule has 0 aromatic carbocycles. The van der Waals surface area contributed by atoms with Gasteiger partial charge in [0.1, 0.15) is 0 Å². The predicted octanol–water partition coefficient (Wildman–Crippen LogP) is 2.90. The molecule has 1 saturated heterocycles. The van der Waals surface area contributed by atoms with E-state index in [1.54, 1.807) is 0 Å². The van der Waals surface area contributed by atoms with E-state index in [1.165, 1.54) is 45.1 Å². The molecule has 1 N–H and O–H groups in total. The SMILES string of the molecule is CCNC1CCOCC1CN(C)C1CCC(CC)CC1. The minimum Gasteiger partial charge on any atom is -0.381 e. The van der Waals surface area contributed by atoms with Gasteiger partial charge in [0.2, 0.25) is 0 Å². The summed E-state index contributed by atoms with van der Waals surface area (Å²) in [5.74, 6) is 1.66. The molecule has 1 aliphatic carbocycles. The quantitative estimate of drug-likeness (QED) is 0.811. The lowest BCUT2D eigenvalue weighted by Crippen LogP contribution is -2.49. The third-order valence-corrected chi connectivity index (χ3v) is 5.48. The molecule has 0 bridgehead atoms. The van der Waals surface area contributed by atoms with Crippen molar-refractivity contribution < 1.29 is 4.74 Å². The van der Waals surface area contributed by atoms with Crippen molar-refractivity contribution in [2.75, 3.05) is 33.4 Å². The molecule has 0 aromatic rings. The lowest BCUT2D eigenvalue weighted by Gasteiger charge is -2.39. The van der Waals surface area contributed by atoms with Crippen LogP contribution in [0.4, 0.5) is 0 Å². The molecule has 1 aliphatic heterocycles. The molecule has 2 aliphatic rings. The van der Waals surface area contributed by atoms with Gasteiger partial charge in [-0.3, -0.25) is 0 Å². The molecular weight excluding hydrogens is 248 g/mol. The lowest BCUT2D eigenvalue weighted by atomic mass is 9.83. The Kier molecular flexibility index (Phi) is 6.79. The van der Waals surface area contributed by atoms with E-state index in [9.17, 15) is 0 Å². The fourth-order valence-corrected chi connectivity index (χ4v) is 4.02. The Balaban J connectivity index is 1.79. The average molecular weight is 282 g/mol. The van der Waals surface area contributed by atoms with E-state index in [-0.39, 0.29) is 0 Å². The molecule has 0 amide bonds. The fourth-order valence-electron chi connectivity index (χ4n) is 4.02. The Morgan fingerprint density at radius 1 is 1.10 bits per heavy atom. The monoisotopic (exact) mass is 282 g/mol. The van der Waals surface area contributed by atoms with Crippen LogP contribution in [0.2, 0.25) is 0 Å². The van der Waals surface area contributed by atoms with Crippen molar-refractivity contribution in [2.45, 2.75) is 64.5 Å². The maximum absolute atomic E-state index is 5.71. The van der Waals surface area contributed by atoms with E-state index >= 15 is 0 Å². The molecule has 3 heteroatoms. The van der Waals surface area contributed by atoms with E-state index < -0.39 is 0 Å². The summed E-state index contributed by atoms with van der Waals surface area (Å²) in [6.07, 6.45) is 8.21. The fraction of sp³-hybridized carbons (Fsp3) is 1.00. The van der Waals surface area contributed by atoms with E-state index in [1.807, 2.05) is 0 Å². The van der Waals surface area contributed by atoms with Crippen molar-refractivity contribution in [1.82, 2.24) is 10.2 Å². The Morgan fingerprint density at radius 2 is 1.85 bits per heavy atom. The van der Waals surface area contributed by atoms with Crippen molar-refractivity contribution >= 4 is 0 Å². The lowest BCUT2D eigenvalue weighted by molar-refractivity contribution is 0.0112. The summed E-state index contributed by atoms with van der Waals surface area (Å²) in [5, 5.41) is 3.65. The minimum atomic E-state index is 0.656. The van der Waals surface area contributed by atoms with Crippen molar-refractivity contribution in [3.63, 3.8) is 0 Å². The first-order valence-corrected chi connectivity index (χ1v) is 8.75. The van der Waals surface area contributed by atoms with Crippen LogP contribution in [0.15, 0.2) is 0 Å². The van der Waals surface area contributed by atoms with Crippen LogP contribution in [0.1, 0.15) is 52.4 Å². The first-order valence-electron chi connectivity index (χ1n) is 8.75. The molecule has 2 fully saturated rings. The zero-order valence-corrected chi connectivity index (χ0v) is 13.7. The van der Waals surface area contributed by atoms with Gasteiger partial charge in [0.05, 0.1) is 6.61 Å². The van der Waals surface area contributed by atoms with Gasteiger partial charge >= 0.3 is 0 Å². The Bertz CT molecular complexity index is 262. The van der Waals surface area contributed by atoms with Crippen molar-refractivity contribution in [3.8, 4) is 0 Å². The van der Waals surface area contributed by atoms with E-state index in [0.717, 1.165) is 31.7 Å². The summed E-state index contributed by atoms with van der Waals surface area (Å²) in [5.41, 5.74) is 0. The zero-order chi connectivity index (χ0) is 14.4. The molecule has 0 spiro atoms. The highest BCUT2D eigenvalue weighted by atomic mass is 16.5. The number of nitrogens with one attached hydrogen (secondary N) is 1. The van der Waals surface area contributed by atoms with Gasteiger partial charge in [-0.05, 0) is 51.6 Å². The number of ether oxygens (including phenoxy) is 1. The molecule has 2 unspecified atom stereocenters. The number of hydrogen-bond donors (Lipinski definition) is 1. The van der Waals surface area contributed by atoms with Gasteiger partial charge in [-0.25, -0.2) is 0 Å². The van der Waals surface area contributed by atoms with E-state index in [2.05, 4.69) is 31.1 Å². The summed E-state index contributed by atoms with van der Waals surface area (Å²) >= 11 is 0. The molecule has 3 nitrogen and oxygen atoms in total. The molecule has 20 heavy (non-hydrogen) atoms. The molecule has 1 heterocycles. The second kappa shape index (κ2) is 8.35. The Morgan fingerprint density at radius 3 is 2.50 bits per heavy atom. The highest BCUT2D eigenvalue weighted by Gasteiger charge is 2.29. The maximum atomic E-state index is 5.71. The van der Waals surface area contributed by atoms with Crippen molar-refractivity contribution in [1.29, 1.82) is 0 Å². The molecule has 0 radical (unpaired) electrons. The first kappa shape index (κ1) is 16.3. The van der Waals surface area contributed by atoms with Crippen LogP contribution in [0, 0.1) is 11.8 Å². The van der Waals surface area contributed by atoms with Gasteiger partial charge in [-0.15, -0.1) is 0 Å². The van der Waals surface area contributed by atoms with Gasteiger partial charge in [0.25, 0.3) is 0 Å². The van der Waals surface area contributed by atoms with Gasteiger partial charge in [-0.2, -0.15) is 0 Å². The topological polar surface area (TPSA) is 24.5 Å². The average Bonchev–Trinajstić information content (AvgIpc) is 2.49. The van der Waals surface area contributed by atoms with Gasteiger partial charge in [0.15, 0.2) is 0 Å². The van der Waals surface area contributed by atoms with Crippen molar-refractivity contribution in [2.24, 2.45) is 11.8 Å². The van der Waals surface area contributed by atoms with Crippen LogP contribution in [-0.2, 0) is 4.74 Å². The number of rotatable bonds is 6. The Hall–Kier alpha value is -0.120. The Labute approximate surface area is 125 Å². The van der Waals surface area contributed by atoms with Crippen LogP contribution in [0.3, 0.4) is 0 Å². The van der Waals surface area contributed by atoms with Gasteiger partial charge in [-0.1, -0.05) is 20.3 Å². The molecule has 0 aromatic heterocycles. The number of nitrogens with zero attached hydrogens (tertiary/aromatic N) is 1. The van der Waals surface area contributed by atoms with Gasteiger partial charge in [0, 0.05) is 31.2 Å². The van der Waals surface area contributed by atoms with E-state index in [0.29, 0.717) is 12.0 Å². The summed E-state index contributed by atoms with van der Waals surface area (Å²) in [6.45, 7) is 8.69. The largest absolute Gasteiger partial charge is 0.381 e. The maximum Gasteiger partial charge on any atom is 0.0521 e. The molecule has 2 atom stereocenters. The van der Waals surface area contributed by atoms with Crippen LogP contribution < -0.4 is 5.32 Å². The summed E-state index contributed by atoms with van der Waals surface area (Å²) in [6, 6.07) is 1.46. The van der Waals surface area contributed by atoms with Gasteiger partial charge < -0.3 is 15.0 Å². The number of hydrogen-bond acceptors (Lipinski definition) is 3. The highest BCUT2D eigenvalue weighted by Crippen LogP contribution is 2.29. The summed E-state index contributed by atoms with van der Waals surface area (Å²) < 4.78 is 5.71. The summed E-state index contributed by atoms with van der Waals surface area (Å²) in [7, 11) is 2.33. The molecular formula is C17H34N2O. The van der Waals surface area contributed by atoms with E-state index in [4.69, 9.17) is 4.74 Å². The highest BCUT2D eigenvalue weighted by molar-refractivity contribution is 4.84. The standard InChI is InChI=1S/C17H34N2O/c1-4-14-6-8-16(9-7-14)19(3)12-15-13-20-11-10-17(15)18-5-2/h14-18H,4-13H2,1-3H3. The second-order valence-electron chi connectivity index (χ2n) is 6.81. The molecule has 1 saturated carbocycles. The smallest absolute Gasteiger partial charge is 0.0521 e.